The first-order valence-corrected chi connectivity index (χ1v) is 33.6. The van der Waals surface area contributed by atoms with Crippen LogP contribution in [0.1, 0.15) is 207 Å². The van der Waals surface area contributed by atoms with Gasteiger partial charge in [-0.3, -0.25) is 14.1 Å². The highest BCUT2D eigenvalue weighted by Gasteiger charge is 2.46. The molecule has 7 unspecified atom stereocenters. The van der Waals surface area contributed by atoms with Crippen molar-refractivity contribution in [1.29, 1.82) is 0 Å². The summed E-state index contributed by atoms with van der Waals surface area (Å²) in [6.07, 6.45) is 16.9. The van der Waals surface area contributed by atoms with Crippen molar-refractivity contribution in [3.8, 4) is 0 Å². The van der Waals surface area contributed by atoms with E-state index in [1.807, 2.05) is 6.08 Å². The second kappa shape index (κ2) is 41.0. The van der Waals surface area contributed by atoms with Crippen molar-refractivity contribution in [3.63, 3.8) is 0 Å². The quantitative estimate of drug-likeness (QED) is 0.0121. The highest BCUT2D eigenvalue weighted by atomic mass is 32.3. The maximum Gasteiger partial charge on any atom is 0.397 e. The molecule has 496 valence electrons. The third kappa shape index (κ3) is 31.4. The normalized spacial score (nSPS) is 29.4. The number of ether oxygens (including phenoxy) is 5. The Kier molecular flexibility index (Phi) is 36.1. The lowest BCUT2D eigenvalue weighted by atomic mass is 9.90. The minimum atomic E-state index is -4.99. The predicted molar refractivity (Wildman–Crippen MR) is 326 cm³/mol. The molecular formula is C65H110O20S. The molecule has 20 atom stereocenters. The van der Waals surface area contributed by atoms with Gasteiger partial charge in [0.1, 0.15) is 42.1 Å². The number of Topliss-reactive ketones (excluding diaryl/α,β-unsaturated/α-hetero) is 2. The fourth-order valence-corrected chi connectivity index (χ4v) is 12.1. The van der Waals surface area contributed by atoms with E-state index in [9.17, 15) is 64.0 Å². The highest BCUT2D eigenvalue weighted by molar-refractivity contribution is 7.80. The van der Waals surface area contributed by atoms with Crippen LogP contribution in [0.5, 0.6) is 0 Å². The fraction of sp³-hybridized carbons (Fsp3) is 0.815. The van der Waals surface area contributed by atoms with Crippen LogP contribution in [0.3, 0.4) is 0 Å². The molecule has 0 aliphatic carbocycles. The van der Waals surface area contributed by atoms with E-state index in [0.29, 0.717) is 49.1 Å². The molecule has 4 saturated heterocycles. The highest BCUT2D eigenvalue weighted by Crippen LogP contribution is 2.36. The van der Waals surface area contributed by atoms with Gasteiger partial charge in [0.05, 0.1) is 79.9 Å². The first kappa shape index (κ1) is 75.8. The van der Waals surface area contributed by atoms with Crippen LogP contribution in [0.15, 0.2) is 61.3 Å². The van der Waals surface area contributed by atoms with E-state index in [0.717, 1.165) is 103 Å². The lowest BCUT2D eigenvalue weighted by Crippen LogP contribution is -2.59. The van der Waals surface area contributed by atoms with Gasteiger partial charge in [0.2, 0.25) is 0 Å². The molecule has 0 bridgehead atoms. The molecule has 0 aromatic rings. The van der Waals surface area contributed by atoms with E-state index in [2.05, 4.69) is 67.6 Å². The van der Waals surface area contributed by atoms with Gasteiger partial charge in [-0.25, -0.2) is 4.18 Å². The monoisotopic (exact) mass is 1240 g/mol. The average Bonchev–Trinajstić information content (AvgIpc) is 2.65. The summed E-state index contributed by atoms with van der Waals surface area (Å²) < 4.78 is 65.4. The van der Waals surface area contributed by atoms with E-state index in [-0.39, 0.29) is 50.7 Å². The molecule has 86 heavy (non-hydrogen) atoms. The molecule has 4 heterocycles. The van der Waals surface area contributed by atoms with Gasteiger partial charge in [0.25, 0.3) is 0 Å². The van der Waals surface area contributed by atoms with Crippen LogP contribution in [-0.4, -0.2) is 187 Å². The average molecular weight is 1240 g/mol. The molecule has 0 spiro atoms. The maximum atomic E-state index is 13.0. The zero-order valence-corrected chi connectivity index (χ0v) is 52.5. The molecule has 4 aliphatic heterocycles. The molecule has 4 aliphatic rings. The number of carbonyl (C=O) groups excluding carboxylic acids is 2. The fourth-order valence-electron chi connectivity index (χ4n) is 11.6. The van der Waals surface area contributed by atoms with Crippen LogP contribution in [-0.2, 0) is 47.9 Å². The number of aliphatic hydroxyl groups excluding tert-OH is 9. The van der Waals surface area contributed by atoms with Crippen molar-refractivity contribution >= 4 is 22.0 Å². The summed E-state index contributed by atoms with van der Waals surface area (Å²) in [4.78, 5) is 26.0. The Hall–Kier alpha value is -2.65. The molecule has 20 nitrogen and oxygen atoms in total. The molecule has 0 aromatic heterocycles. The first-order valence-electron chi connectivity index (χ1n) is 32.2. The number of allylic oxidation sites excluding steroid dienone is 7. The lowest BCUT2D eigenvalue weighted by molar-refractivity contribution is -0.313. The van der Waals surface area contributed by atoms with Crippen molar-refractivity contribution in [2.75, 3.05) is 6.61 Å². The van der Waals surface area contributed by atoms with Crippen LogP contribution >= 0.6 is 0 Å². The summed E-state index contributed by atoms with van der Waals surface area (Å²) in [5, 5.41) is 94.1. The minimum Gasteiger partial charge on any atom is -0.394 e. The maximum absolute atomic E-state index is 13.0. The Morgan fingerprint density at radius 2 is 1.31 bits per heavy atom. The van der Waals surface area contributed by atoms with Crippen LogP contribution < -0.4 is 0 Å². The molecule has 4 rings (SSSR count). The first-order chi connectivity index (χ1) is 41.0. The van der Waals surface area contributed by atoms with Gasteiger partial charge in [-0.15, -0.1) is 6.58 Å². The van der Waals surface area contributed by atoms with Gasteiger partial charge in [-0.2, -0.15) is 8.42 Å². The number of hydrogen-bond donors (Lipinski definition) is 10. The molecule has 0 aromatic carbocycles. The summed E-state index contributed by atoms with van der Waals surface area (Å²) in [6, 6.07) is 0. The van der Waals surface area contributed by atoms with E-state index >= 15 is 0 Å². The third-order valence-electron chi connectivity index (χ3n) is 16.9. The number of epoxide rings is 2. The van der Waals surface area contributed by atoms with E-state index in [4.69, 9.17) is 28.2 Å². The number of rotatable bonds is 49. The Morgan fingerprint density at radius 1 is 0.640 bits per heavy atom. The van der Waals surface area contributed by atoms with Gasteiger partial charge in [-0.1, -0.05) is 101 Å². The van der Waals surface area contributed by atoms with Crippen LogP contribution in [0, 0.1) is 11.8 Å². The number of carbonyl (C=O) groups is 2. The van der Waals surface area contributed by atoms with Gasteiger partial charge >= 0.3 is 10.4 Å². The van der Waals surface area contributed by atoms with Crippen LogP contribution in [0.25, 0.3) is 0 Å². The van der Waals surface area contributed by atoms with E-state index in [1.165, 1.54) is 25.3 Å². The zero-order valence-electron chi connectivity index (χ0n) is 51.7. The molecule has 0 saturated carbocycles. The summed E-state index contributed by atoms with van der Waals surface area (Å²) in [5.74, 6) is 0.576. The summed E-state index contributed by atoms with van der Waals surface area (Å²) in [5.41, 5.74) is 1.29. The van der Waals surface area contributed by atoms with Gasteiger partial charge in [0.15, 0.2) is 6.29 Å². The third-order valence-corrected chi connectivity index (χ3v) is 17.3. The molecule has 0 amide bonds. The summed E-state index contributed by atoms with van der Waals surface area (Å²) in [6.45, 7) is 13.3. The largest absolute Gasteiger partial charge is 0.397 e. The van der Waals surface area contributed by atoms with Crippen molar-refractivity contribution in [2.45, 2.75) is 317 Å². The van der Waals surface area contributed by atoms with Crippen molar-refractivity contribution in [1.82, 2.24) is 0 Å². The summed E-state index contributed by atoms with van der Waals surface area (Å²) in [7, 11) is -4.99. The standard InChI is InChI=1S/C65H110O20S/c1-6-7-30-55-58(82-55)36-45(4)32-35-56-54(81-56)31-20-14-12-10-8-9-11-13-17-23-43(2)25-21-26-44(3)24-18-15-16-19-27-47(68)28-22-29-51(80-65-63(76)62(75)61(74)60(42-66)84-65)40-50(71)39-49(70)38-48(69)33-34-52(72)57-41-53(73)64(85-86(77,78)79)59(83-57)37-46(5)67/h6,8,10,13,17,21,25,43-44,46,48,50-67,69,71-76H,1,4,7,9,11-12,14-16,18-20,22-24,26-42H2,2-3,5H3,(H,77,78,79)/b10-8+,17-13+,25-21+/t43?,44?,46?,48?,50?,51?,52?,53-,54+,55+,56+,57-,58+,59+,60+,61+,62-,63+,64-,65+/m0/s1. The van der Waals surface area contributed by atoms with Crippen molar-refractivity contribution in [2.24, 2.45) is 11.8 Å². The topological polar surface area (TPSA) is 333 Å². The Bertz CT molecular complexity index is 2140. The second-order valence-electron chi connectivity index (χ2n) is 25.1. The molecule has 0 radical (unpaired) electrons. The van der Waals surface area contributed by atoms with E-state index < -0.39 is 121 Å². The second-order valence-corrected chi connectivity index (χ2v) is 26.2. The zero-order chi connectivity index (χ0) is 63.2. The van der Waals surface area contributed by atoms with Crippen LogP contribution in [0.4, 0.5) is 0 Å². The summed E-state index contributed by atoms with van der Waals surface area (Å²) >= 11 is 0. The predicted octanol–water partition coefficient (Wildman–Crippen LogP) is 7.62. The van der Waals surface area contributed by atoms with Crippen molar-refractivity contribution in [3.05, 3.63) is 61.3 Å². The molecular weight excluding hydrogens is 1130 g/mol. The molecule has 4 fully saturated rings. The molecule has 10 N–H and O–H groups in total. The number of ketones is 2. The van der Waals surface area contributed by atoms with Crippen molar-refractivity contribution < 1.29 is 96.4 Å². The lowest BCUT2D eigenvalue weighted by Gasteiger charge is -2.41. The number of hydrogen-bond acceptors (Lipinski definition) is 19. The van der Waals surface area contributed by atoms with Crippen LogP contribution in [0.2, 0.25) is 0 Å². The Balaban J connectivity index is 1.04. The SMILES string of the molecule is C=CCC[C@H]1O[C@@H]1CC(=C)CC[C@H]1O[C@@H]1CCCC/C=C/CC/C=C/CC(C)/C=C/CC(C)CCCCCCC(=O)CCCC(CC(O)CC(=O)CC(O)CCC(O)[C@@H]1C[C@H](O)[C@H](OS(=O)(=O)O)[C@@H](CC(C)O)O1)O[C@@H]1O[C@H](CO)[C@@H](O)[C@H](O)[C@H]1O. The van der Waals surface area contributed by atoms with Gasteiger partial charge in [-0.05, 0) is 128 Å². The van der Waals surface area contributed by atoms with E-state index in [1.54, 1.807) is 0 Å². The molecule has 21 heteroatoms. The van der Waals surface area contributed by atoms with Gasteiger partial charge in [0, 0.05) is 44.9 Å². The number of aliphatic hydroxyl groups is 9. The Morgan fingerprint density at radius 3 is 2.03 bits per heavy atom. The van der Waals surface area contributed by atoms with Gasteiger partial charge < -0.3 is 69.6 Å². The number of unbranched alkanes of at least 4 members (excludes halogenated alkanes) is 6. The smallest absolute Gasteiger partial charge is 0.394 e. The minimum absolute atomic E-state index is 0.0601. The Labute approximate surface area is 513 Å².